The van der Waals surface area contributed by atoms with Crippen molar-refractivity contribution >= 4 is 10.9 Å². The van der Waals surface area contributed by atoms with E-state index in [9.17, 15) is 0 Å². The molecule has 1 aromatic heterocycles. The molecule has 1 radical (unpaired) electrons. The molecule has 0 aliphatic carbocycles. The summed E-state index contributed by atoms with van der Waals surface area (Å²) >= 11 is 0. The third kappa shape index (κ3) is 1.02. The number of nitrogens with one attached hydrogen (secondary N) is 1. The normalized spacial score (nSPS) is 11.2. The fourth-order valence-electron chi connectivity index (χ4n) is 1.49. The van der Waals surface area contributed by atoms with E-state index in [1.165, 1.54) is 22.4 Å². The number of rotatable bonds is 1. The van der Waals surface area contributed by atoms with Crippen molar-refractivity contribution in [2.24, 2.45) is 0 Å². The van der Waals surface area contributed by atoms with Gasteiger partial charge in [-0.2, -0.15) is 0 Å². The smallest absolute Gasteiger partial charge is 0.0457 e. The van der Waals surface area contributed by atoms with Crippen molar-refractivity contribution in [3.8, 4) is 0 Å². The molecule has 61 valence electrons. The van der Waals surface area contributed by atoms with E-state index in [1.807, 2.05) is 6.07 Å². The Labute approximate surface area is 72.4 Å². The van der Waals surface area contributed by atoms with Crippen molar-refractivity contribution < 1.29 is 0 Å². The predicted molar refractivity (Wildman–Crippen MR) is 52.0 cm³/mol. The third-order valence-corrected chi connectivity index (χ3v) is 2.13. The van der Waals surface area contributed by atoms with Gasteiger partial charge in [0, 0.05) is 23.0 Å². The van der Waals surface area contributed by atoms with Crippen molar-refractivity contribution in [3.05, 3.63) is 41.9 Å². The Balaban J connectivity index is 2.70. The van der Waals surface area contributed by atoms with Crippen molar-refractivity contribution in [2.75, 3.05) is 0 Å². The molecule has 0 atom stereocenters. The van der Waals surface area contributed by atoms with Crippen molar-refractivity contribution in [1.82, 2.24) is 4.98 Å². The van der Waals surface area contributed by atoms with E-state index in [4.69, 9.17) is 0 Å². The van der Waals surface area contributed by atoms with E-state index in [-0.39, 0.29) is 0 Å². The fourth-order valence-corrected chi connectivity index (χ4v) is 1.49. The Bertz CT molecular complexity index is 385. The molecule has 1 heteroatoms. The average molecular weight is 158 g/mol. The van der Waals surface area contributed by atoms with Crippen LogP contribution in [-0.4, -0.2) is 4.98 Å². The zero-order chi connectivity index (χ0) is 8.55. The SMILES string of the molecule is C[C](C)c1c[nH]c2ccccc12. The number of benzene rings is 1. The van der Waals surface area contributed by atoms with Gasteiger partial charge in [-0.15, -0.1) is 0 Å². The summed E-state index contributed by atoms with van der Waals surface area (Å²) in [6, 6.07) is 8.37. The van der Waals surface area contributed by atoms with Crippen LogP contribution in [0.1, 0.15) is 19.4 Å². The Kier molecular flexibility index (Phi) is 1.65. The maximum atomic E-state index is 3.25. The van der Waals surface area contributed by atoms with Gasteiger partial charge in [0.05, 0.1) is 0 Å². The van der Waals surface area contributed by atoms with Crippen LogP contribution in [-0.2, 0) is 0 Å². The molecule has 0 bridgehead atoms. The summed E-state index contributed by atoms with van der Waals surface area (Å²) < 4.78 is 0. The number of fused-ring (bicyclic) bond motifs is 1. The maximum absolute atomic E-state index is 3.25. The maximum Gasteiger partial charge on any atom is 0.0457 e. The zero-order valence-electron chi connectivity index (χ0n) is 7.39. The minimum Gasteiger partial charge on any atom is -0.361 e. The zero-order valence-corrected chi connectivity index (χ0v) is 7.39. The van der Waals surface area contributed by atoms with Gasteiger partial charge in [-0.1, -0.05) is 32.0 Å². The van der Waals surface area contributed by atoms with E-state index in [0.717, 1.165) is 0 Å². The average Bonchev–Trinajstić information content (AvgIpc) is 2.47. The van der Waals surface area contributed by atoms with Gasteiger partial charge in [0.1, 0.15) is 0 Å². The van der Waals surface area contributed by atoms with Crippen LogP contribution in [0.2, 0.25) is 0 Å². The van der Waals surface area contributed by atoms with Crippen LogP contribution in [0.25, 0.3) is 10.9 Å². The van der Waals surface area contributed by atoms with Gasteiger partial charge < -0.3 is 4.98 Å². The molecule has 1 aromatic carbocycles. The highest BCUT2D eigenvalue weighted by Gasteiger charge is 2.05. The van der Waals surface area contributed by atoms with Gasteiger partial charge in [-0.3, -0.25) is 0 Å². The van der Waals surface area contributed by atoms with Gasteiger partial charge in [-0.05, 0) is 11.6 Å². The summed E-state index contributed by atoms with van der Waals surface area (Å²) in [5.41, 5.74) is 2.54. The lowest BCUT2D eigenvalue weighted by molar-refractivity contribution is 1.16. The van der Waals surface area contributed by atoms with Gasteiger partial charge in [0.2, 0.25) is 0 Å². The first-order valence-electron chi connectivity index (χ1n) is 4.15. The number of hydrogen-bond acceptors (Lipinski definition) is 0. The number of para-hydroxylation sites is 1. The predicted octanol–water partition coefficient (Wildman–Crippen LogP) is 3.13. The largest absolute Gasteiger partial charge is 0.361 e. The van der Waals surface area contributed by atoms with E-state index in [0.29, 0.717) is 0 Å². The number of aromatic amines is 1. The highest BCUT2D eigenvalue weighted by Crippen LogP contribution is 2.23. The lowest BCUT2D eigenvalue weighted by Crippen LogP contribution is -1.83. The van der Waals surface area contributed by atoms with Crippen LogP contribution in [0, 0.1) is 5.92 Å². The fraction of sp³-hybridized carbons (Fsp3) is 0.182. The number of H-pyrrole nitrogens is 1. The van der Waals surface area contributed by atoms with Crippen LogP contribution in [0.15, 0.2) is 30.5 Å². The van der Waals surface area contributed by atoms with Crippen molar-refractivity contribution in [1.29, 1.82) is 0 Å². The van der Waals surface area contributed by atoms with Crippen molar-refractivity contribution in [2.45, 2.75) is 13.8 Å². The molecule has 12 heavy (non-hydrogen) atoms. The summed E-state index contributed by atoms with van der Waals surface area (Å²) in [4.78, 5) is 3.25. The van der Waals surface area contributed by atoms with Crippen LogP contribution in [0.4, 0.5) is 0 Å². The Morgan fingerprint density at radius 2 is 1.92 bits per heavy atom. The molecule has 0 spiro atoms. The molecule has 0 amide bonds. The minimum absolute atomic E-state index is 1.22. The molecule has 0 saturated heterocycles. The molecule has 1 N–H and O–H groups in total. The minimum atomic E-state index is 1.22. The second-order valence-electron chi connectivity index (χ2n) is 3.25. The molecule has 0 aliphatic heterocycles. The topological polar surface area (TPSA) is 15.8 Å². The summed E-state index contributed by atoms with van der Waals surface area (Å²) in [5, 5.41) is 1.32. The van der Waals surface area contributed by atoms with Gasteiger partial charge in [-0.25, -0.2) is 0 Å². The molecule has 0 fully saturated rings. The summed E-state index contributed by atoms with van der Waals surface area (Å²) in [6.07, 6.45) is 2.07. The lowest BCUT2D eigenvalue weighted by atomic mass is 10.0. The molecule has 2 aromatic rings. The molecule has 0 aliphatic rings. The van der Waals surface area contributed by atoms with Crippen molar-refractivity contribution in [3.63, 3.8) is 0 Å². The van der Waals surface area contributed by atoms with E-state index in [1.54, 1.807) is 0 Å². The lowest BCUT2D eigenvalue weighted by Gasteiger charge is -2.00. The van der Waals surface area contributed by atoms with Crippen LogP contribution in [0.3, 0.4) is 0 Å². The first-order valence-corrected chi connectivity index (χ1v) is 4.15. The second kappa shape index (κ2) is 2.67. The summed E-state index contributed by atoms with van der Waals surface area (Å²) in [7, 11) is 0. The van der Waals surface area contributed by atoms with E-state index < -0.39 is 0 Å². The molecule has 1 heterocycles. The standard InChI is InChI=1S/C11H12N/c1-8(2)10-7-12-11-6-4-3-5-9(10)11/h3-7,12H,1-2H3. The van der Waals surface area contributed by atoms with Gasteiger partial charge >= 0.3 is 0 Å². The second-order valence-corrected chi connectivity index (χ2v) is 3.25. The molecular formula is C11H12N. The third-order valence-electron chi connectivity index (χ3n) is 2.13. The van der Waals surface area contributed by atoms with Crippen LogP contribution < -0.4 is 0 Å². The molecular weight excluding hydrogens is 146 g/mol. The highest BCUT2D eigenvalue weighted by molar-refractivity contribution is 5.84. The number of hydrogen-bond donors (Lipinski definition) is 1. The van der Waals surface area contributed by atoms with Gasteiger partial charge in [0.15, 0.2) is 0 Å². The van der Waals surface area contributed by atoms with E-state index >= 15 is 0 Å². The Hall–Kier alpha value is -1.24. The van der Waals surface area contributed by atoms with Crippen LogP contribution in [0.5, 0.6) is 0 Å². The van der Waals surface area contributed by atoms with Crippen LogP contribution >= 0.6 is 0 Å². The monoisotopic (exact) mass is 158 g/mol. The summed E-state index contributed by atoms with van der Waals surface area (Å²) in [6.45, 7) is 4.27. The molecule has 1 nitrogen and oxygen atoms in total. The van der Waals surface area contributed by atoms with Gasteiger partial charge in [0.25, 0.3) is 0 Å². The summed E-state index contributed by atoms with van der Waals surface area (Å²) in [5.74, 6) is 1.35. The molecule has 0 unspecified atom stereocenters. The Morgan fingerprint density at radius 3 is 2.67 bits per heavy atom. The Morgan fingerprint density at radius 1 is 1.17 bits per heavy atom. The first kappa shape index (κ1) is 7.41. The van der Waals surface area contributed by atoms with E-state index in [2.05, 4.69) is 43.2 Å². The molecule has 0 saturated carbocycles. The molecule has 2 rings (SSSR count). The highest BCUT2D eigenvalue weighted by atomic mass is 14.7. The quantitative estimate of drug-likeness (QED) is 0.656. The first-order chi connectivity index (χ1) is 5.79. The number of aromatic nitrogens is 1.